The molecule has 6 nitrogen and oxygen atoms in total. The van der Waals surface area contributed by atoms with Gasteiger partial charge in [0.2, 0.25) is 5.91 Å². The Kier molecular flexibility index (Phi) is 7.01. The summed E-state index contributed by atoms with van der Waals surface area (Å²) in [7, 11) is -1.52. The van der Waals surface area contributed by atoms with Crippen LogP contribution < -0.4 is 10.1 Å². The van der Waals surface area contributed by atoms with E-state index in [1.165, 1.54) is 0 Å². The van der Waals surface area contributed by atoms with Crippen molar-refractivity contribution in [3.63, 3.8) is 0 Å². The molecule has 183 valence electrons. The van der Waals surface area contributed by atoms with Crippen molar-refractivity contribution in [3.8, 4) is 5.75 Å². The third-order valence-electron chi connectivity index (χ3n) is 6.73. The lowest BCUT2D eigenvalue weighted by molar-refractivity contribution is -0.130. The first kappa shape index (κ1) is 24.7. The van der Waals surface area contributed by atoms with Crippen LogP contribution >= 0.6 is 0 Å². The monoisotopic (exact) mass is 487 g/mol. The zero-order chi connectivity index (χ0) is 24.6. The molecule has 0 spiro atoms. The van der Waals surface area contributed by atoms with Crippen LogP contribution in [0.5, 0.6) is 5.75 Å². The molecule has 3 unspecified atom stereocenters. The largest absolute Gasteiger partial charge is 0.482 e. The molecule has 3 atom stereocenters. The fourth-order valence-corrected chi connectivity index (χ4v) is 5.71. The summed E-state index contributed by atoms with van der Waals surface area (Å²) in [6.07, 6.45) is 7.35. The molecule has 1 fully saturated rings. The second-order valence-electron chi connectivity index (χ2n) is 9.42. The summed E-state index contributed by atoms with van der Waals surface area (Å²) in [5.74, 6) is -0.313. The van der Waals surface area contributed by atoms with E-state index in [0.29, 0.717) is 17.7 Å². The number of hydrogen-bond donors (Lipinski definition) is 1. The number of hydrogen-bond acceptors (Lipinski definition) is 5. The van der Waals surface area contributed by atoms with Gasteiger partial charge in [-0.25, -0.2) is 12.8 Å². The Bertz CT molecular complexity index is 1170. The van der Waals surface area contributed by atoms with Gasteiger partial charge < -0.3 is 15.0 Å². The van der Waals surface area contributed by atoms with Gasteiger partial charge in [-0.2, -0.15) is 0 Å². The van der Waals surface area contributed by atoms with Crippen LogP contribution in [-0.4, -0.2) is 56.5 Å². The second-order valence-corrected chi connectivity index (χ2v) is 11.8. The van der Waals surface area contributed by atoms with Crippen LogP contribution in [0.15, 0.2) is 53.3 Å². The summed E-state index contributed by atoms with van der Waals surface area (Å²) in [6, 6.07) is 4.80. The van der Waals surface area contributed by atoms with E-state index < -0.39 is 15.9 Å². The standard InChI is InChI=1S/C26H32FN2O4S/c1-5-34(31,32)15-17-9-10-22(33-23-8-6-7-18(16(2)3)24(23)27)20(13-17)21-14-29(4)26(30)25-19(21)11-12-28-25/h6-10,13-14,16,19,22,25,28H,5,11-12,15H2,1-4H3. The van der Waals surface area contributed by atoms with Crippen LogP contribution in [0, 0.1) is 18.2 Å². The SMILES string of the molecule is CCS(=O)(=O)CC1=C[CH]C(Oc2cccc(C(C)C)c2F)C(C2=CN(C)C(=O)C3NCCC23)=C1. The molecule has 8 heteroatoms. The first-order chi connectivity index (χ1) is 16.1. The zero-order valence-corrected chi connectivity index (χ0v) is 20.9. The van der Waals surface area contributed by atoms with E-state index in [4.69, 9.17) is 4.74 Å². The molecular formula is C26H32FN2O4S. The molecule has 1 aromatic carbocycles. The number of likely N-dealkylation sites (N-methyl/N-ethyl adjacent to an activating group) is 1. The highest BCUT2D eigenvalue weighted by atomic mass is 32.2. The predicted octanol–water partition coefficient (Wildman–Crippen LogP) is 3.54. The lowest BCUT2D eigenvalue weighted by atomic mass is 9.80. The van der Waals surface area contributed by atoms with Gasteiger partial charge in [0.15, 0.2) is 21.4 Å². The van der Waals surface area contributed by atoms with E-state index in [1.54, 1.807) is 49.6 Å². The van der Waals surface area contributed by atoms with E-state index in [1.807, 2.05) is 26.1 Å². The highest BCUT2D eigenvalue weighted by Crippen LogP contribution is 2.39. The Labute approximate surface area is 201 Å². The molecular weight excluding hydrogens is 455 g/mol. The van der Waals surface area contributed by atoms with Gasteiger partial charge >= 0.3 is 0 Å². The van der Waals surface area contributed by atoms with Crippen LogP contribution in [0.1, 0.15) is 38.7 Å². The number of ether oxygens (including phenoxy) is 1. The first-order valence-electron chi connectivity index (χ1n) is 11.7. The molecule has 0 aromatic heterocycles. The number of rotatable bonds is 7. The summed E-state index contributed by atoms with van der Waals surface area (Å²) >= 11 is 0. The number of carbonyl (C=O) groups is 1. The smallest absolute Gasteiger partial charge is 0.244 e. The topological polar surface area (TPSA) is 75.7 Å². The Morgan fingerprint density at radius 1 is 1.26 bits per heavy atom. The molecule has 0 saturated carbocycles. The minimum atomic E-state index is -3.24. The molecule has 1 saturated heterocycles. The van der Waals surface area contributed by atoms with Gasteiger partial charge in [0.25, 0.3) is 0 Å². The number of halogens is 1. The molecule has 1 amide bonds. The molecule has 4 rings (SSSR count). The molecule has 1 N–H and O–H groups in total. The van der Waals surface area contributed by atoms with Gasteiger partial charge in [-0.15, -0.1) is 0 Å². The van der Waals surface area contributed by atoms with Crippen LogP contribution in [0.3, 0.4) is 0 Å². The second kappa shape index (κ2) is 9.66. The summed E-state index contributed by atoms with van der Waals surface area (Å²) in [4.78, 5) is 14.2. The lowest BCUT2D eigenvalue weighted by Crippen LogP contribution is -2.47. The number of sulfone groups is 1. The average Bonchev–Trinajstić information content (AvgIpc) is 3.28. The minimum absolute atomic E-state index is 0.00381. The van der Waals surface area contributed by atoms with Crippen LogP contribution in [0.2, 0.25) is 0 Å². The molecule has 1 aliphatic carbocycles. The van der Waals surface area contributed by atoms with Crippen molar-refractivity contribution >= 4 is 15.7 Å². The van der Waals surface area contributed by atoms with Crippen molar-refractivity contribution in [1.29, 1.82) is 0 Å². The third kappa shape index (κ3) is 4.84. The van der Waals surface area contributed by atoms with Crippen LogP contribution in [0.25, 0.3) is 0 Å². The van der Waals surface area contributed by atoms with E-state index >= 15 is 4.39 Å². The highest BCUT2D eigenvalue weighted by Gasteiger charge is 2.42. The zero-order valence-electron chi connectivity index (χ0n) is 20.0. The number of amides is 1. The van der Waals surface area contributed by atoms with Gasteiger partial charge in [0, 0.05) is 31.3 Å². The summed E-state index contributed by atoms with van der Waals surface area (Å²) in [5, 5.41) is 3.28. The van der Waals surface area contributed by atoms with Crippen molar-refractivity contribution in [1.82, 2.24) is 10.2 Å². The summed E-state index contributed by atoms with van der Waals surface area (Å²) in [5.41, 5.74) is 2.90. The van der Waals surface area contributed by atoms with Crippen molar-refractivity contribution in [2.75, 3.05) is 25.1 Å². The Morgan fingerprint density at radius 2 is 2.03 bits per heavy atom. The van der Waals surface area contributed by atoms with Crippen molar-refractivity contribution in [2.45, 2.75) is 45.3 Å². The first-order valence-corrected chi connectivity index (χ1v) is 13.6. The van der Waals surface area contributed by atoms with E-state index in [-0.39, 0.29) is 46.9 Å². The quantitative estimate of drug-likeness (QED) is 0.637. The maximum absolute atomic E-state index is 15.2. The predicted molar refractivity (Wildman–Crippen MR) is 130 cm³/mol. The van der Waals surface area contributed by atoms with Gasteiger partial charge in [-0.05, 0) is 47.2 Å². The Balaban J connectivity index is 1.73. The fraction of sp³-hybridized carbons (Fsp3) is 0.462. The average molecular weight is 488 g/mol. The molecule has 34 heavy (non-hydrogen) atoms. The molecule has 3 aliphatic rings. The maximum atomic E-state index is 15.2. The van der Waals surface area contributed by atoms with E-state index in [2.05, 4.69) is 5.32 Å². The number of benzene rings is 1. The fourth-order valence-electron chi connectivity index (χ4n) is 4.82. The number of nitrogens with zero attached hydrogens (tertiary/aromatic N) is 1. The van der Waals surface area contributed by atoms with Gasteiger partial charge in [-0.3, -0.25) is 4.79 Å². The van der Waals surface area contributed by atoms with Gasteiger partial charge in [0.05, 0.1) is 11.8 Å². The number of allylic oxidation sites excluding steroid dienone is 1. The van der Waals surface area contributed by atoms with Crippen LogP contribution in [0.4, 0.5) is 4.39 Å². The summed E-state index contributed by atoms with van der Waals surface area (Å²) in [6.45, 7) is 6.20. The number of nitrogens with one attached hydrogen (secondary N) is 1. The maximum Gasteiger partial charge on any atom is 0.244 e. The van der Waals surface area contributed by atoms with Crippen molar-refractivity contribution in [2.24, 2.45) is 5.92 Å². The number of carbonyl (C=O) groups excluding carboxylic acids is 1. The lowest BCUT2D eigenvalue weighted by Gasteiger charge is -2.35. The molecule has 0 bridgehead atoms. The molecule has 2 heterocycles. The molecule has 1 aromatic rings. The van der Waals surface area contributed by atoms with Crippen molar-refractivity contribution in [3.05, 3.63) is 71.1 Å². The van der Waals surface area contributed by atoms with Crippen molar-refractivity contribution < 1.29 is 22.3 Å². The third-order valence-corrected chi connectivity index (χ3v) is 8.38. The molecule has 2 aliphatic heterocycles. The number of fused-ring (bicyclic) bond motifs is 1. The normalized spacial score (nSPS) is 25.1. The van der Waals surface area contributed by atoms with E-state index in [0.717, 1.165) is 17.6 Å². The minimum Gasteiger partial charge on any atom is -0.482 e. The Hall–Kier alpha value is -2.45. The van der Waals surface area contributed by atoms with Gasteiger partial charge in [-0.1, -0.05) is 45.1 Å². The van der Waals surface area contributed by atoms with E-state index in [9.17, 15) is 13.2 Å². The van der Waals surface area contributed by atoms with Gasteiger partial charge in [0.1, 0.15) is 6.10 Å². The Morgan fingerprint density at radius 3 is 2.74 bits per heavy atom. The molecule has 1 radical (unpaired) electrons. The summed E-state index contributed by atoms with van der Waals surface area (Å²) < 4.78 is 46.0. The highest BCUT2D eigenvalue weighted by molar-refractivity contribution is 7.91. The van der Waals surface area contributed by atoms with Crippen LogP contribution in [-0.2, 0) is 14.6 Å².